The zero-order chi connectivity index (χ0) is 18.6. The molecule has 0 spiro atoms. The molecule has 3 N–H and O–H groups in total. The van der Waals surface area contributed by atoms with Crippen LogP contribution in [0, 0.1) is 5.92 Å². The minimum atomic E-state index is -1.07. The summed E-state index contributed by atoms with van der Waals surface area (Å²) in [6.07, 6.45) is 2.62. The molecule has 28 heavy (non-hydrogen) atoms. The SMILES string of the molecule is CC1CCCN(Cc2ccc(NC(=O)C(C)(N)c3ccccc3)cc2)C1.Cl.Cl. The third-order valence-electron chi connectivity index (χ3n) is 5.20. The van der Waals surface area contributed by atoms with Crippen LogP contribution in [0.3, 0.4) is 0 Å². The Bertz CT molecular complexity index is 735. The number of hydrogen-bond donors (Lipinski definition) is 2. The lowest BCUT2D eigenvalue weighted by atomic mass is 9.92. The Balaban J connectivity index is 0.00000196. The Morgan fingerprint density at radius 3 is 2.39 bits per heavy atom. The standard InChI is InChI=1S/C22H29N3O.2ClH/c1-17-7-6-14-25(15-17)16-18-10-12-20(13-11-18)24-21(26)22(2,23)19-8-4-3-5-9-19;;/h3-5,8-13,17H,6-7,14-16,23H2,1-2H3,(H,24,26);2*1H. The molecular weight excluding hydrogens is 393 g/mol. The maximum absolute atomic E-state index is 12.6. The van der Waals surface area contributed by atoms with Crippen LogP contribution in [-0.4, -0.2) is 23.9 Å². The second-order valence-electron chi connectivity index (χ2n) is 7.70. The highest BCUT2D eigenvalue weighted by molar-refractivity contribution is 5.98. The van der Waals surface area contributed by atoms with E-state index < -0.39 is 5.54 Å². The minimum Gasteiger partial charge on any atom is -0.324 e. The molecule has 0 saturated carbocycles. The third-order valence-corrected chi connectivity index (χ3v) is 5.20. The van der Waals surface area contributed by atoms with E-state index in [1.807, 2.05) is 42.5 Å². The van der Waals surface area contributed by atoms with Gasteiger partial charge in [-0.15, -0.1) is 24.8 Å². The number of nitrogens with zero attached hydrogens (tertiary/aromatic N) is 1. The van der Waals surface area contributed by atoms with Crippen LogP contribution in [-0.2, 0) is 16.9 Å². The summed E-state index contributed by atoms with van der Waals surface area (Å²) < 4.78 is 0. The smallest absolute Gasteiger partial charge is 0.248 e. The fourth-order valence-corrected chi connectivity index (χ4v) is 3.56. The number of benzene rings is 2. The Morgan fingerprint density at radius 1 is 1.14 bits per heavy atom. The number of amides is 1. The van der Waals surface area contributed by atoms with Gasteiger partial charge in [-0.1, -0.05) is 49.4 Å². The van der Waals surface area contributed by atoms with Gasteiger partial charge in [-0.05, 0) is 55.5 Å². The molecule has 154 valence electrons. The number of rotatable bonds is 5. The maximum Gasteiger partial charge on any atom is 0.248 e. The van der Waals surface area contributed by atoms with Gasteiger partial charge >= 0.3 is 0 Å². The molecule has 1 fully saturated rings. The lowest BCUT2D eigenvalue weighted by molar-refractivity contribution is -0.120. The summed E-state index contributed by atoms with van der Waals surface area (Å²) in [5.74, 6) is 0.573. The van der Waals surface area contributed by atoms with Crippen LogP contribution in [0.5, 0.6) is 0 Å². The molecule has 1 aliphatic rings. The van der Waals surface area contributed by atoms with Crippen LogP contribution in [0.1, 0.15) is 37.8 Å². The van der Waals surface area contributed by atoms with Crippen molar-refractivity contribution in [1.82, 2.24) is 4.90 Å². The predicted molar refractivity (Wildman–Crippen MR) is 121 cm³/mol. The van der Waals surface area contributed by atoms with E-state index in [0.29, 0.717) is 0 Å². The number of likely N-dealkylation sites (tertiary alicyclic amines) is 1. The first-order chi connectivity index (χ1) is 12.4. The van der Waals surface area contributed by atoms with Gasteiger partial charge in [0.2, 0.25) is 5.91 Å². The van der Waals surface area contributed by atoms with Crippen LogP contribution < -0.4 is 11.1 Å². The average molecular weight is 424 g/mol. The maximum atomic E-state index is 12.6. The van der Waals surface area contributed by atoms with Crippen molar-refractivity contribution in [1.29, 1.82) is 0 Å². The first-order valence-electron chi connectivity index (χ1n) is 9.42. The number of nitrogens with one attached hydrogen (secondary N) is 1. The van der Waals surface area contributed by atoms with E-state index in [1.54, 1.807) is 6.92 Å². The number of nitrogens with two attached hydrogens (primary N) is 1. The van der Waals surface area contributed by atoms with E-state index in [2.05, 4.69) is 29.3 Å². The van der Waals surface area contributed by atoms with Crippen LogP contribution in [0.4, 0.5) is 5.69 Å². The van der Waals surface area contributed by atoms with Gasteiger partial charge in [0.1, 0.15) is 5.54 Å². The van der Waals surface area contributed by atoms with Gasteiger partial charge in [0.15, 0.2) is 0 Å². The van der Waals surface area contributed by atoms with Crippen LogP contribution >= 0.6 is 24.8 Å². The van der Waals surface area contributed by atoms with Gasteiger partial charge < -0.3 is 11.1 Å². The van der Waals surface area contributed by atoms with Gasteiger partial charge in [0.05, 0.1) is 0 Å². The highest BCUT2D eigenvalue weighted by atomic mass is 35.5. The molecule has 2 unspecified atom stereocenters. The lowest BCUT2D eigenvalue weighted by Crippen LogP contribution is -2.45. The van der Waals surface area contributed by atoms with E-state index in [0.717, 1.165) is 23.7 Å². The summed E-state index contributed by atoms with van der Waals surface area (Å²) in [6, 6.07) is 17.6. The van der Waals surface area contributed by atoms with Crippen molar-refractivity contribution in [3.63, 3.8) is 0 Å². The quantitative estimate of drug-likeness (QED) is 0.739. The summed E-state index contributed by atoms with van der Waals surface area (Å²) in [5, 5.41) is 2.94. The largest absolute Gasteiger partial charge is 0.324 e. The number of carbonyl (C=O) groups excluding carboxylic acids is 1. The zero-order valence-electron chi connectivity index (χ0n) is 16.6. The van der Waals surface area contributed by atoms with Crippen molar-refractivity contribution >= 4 is 36.4 Å². The number of piperidine rings is 1. The second-order valence-corrected chi connectivity index (χ2v) is 7.70. The number of anilines is 1. The molecule has 6 heteroatoms. The van der Waals surface area contributed by atoms with Crippen LogP contribution in [0.25, 0.3) is 0 Å². The summed E-state index contributed by atoms with van der Waals surface area (Å²) >= 11 is 0. The van der Waals surface area contributed by atoms with Crippen molar-refractivity contribution in [2.45, 2.75) is 38.8 Å². The molecule has 0 aromatic heterocycles. The van der Waals surface area contributed by atoms with E-state index in [-0.39, 0.29) is 30.7 Å². The van der Waals surface area contributed by atoms with Crippen molar-refractivity contribution in [3.8, 4) is 0 Å². The van der Waals surface area contributed by atoms with Gasteiger partial charge in [-0.25, -0.2) is 0 Å². The van der Waals surface area contributed by atoms with E-state index >= 15 is 0 Å². The van der Waals surface area contributed by atoms with Gasteiger partial charge in [-0.2, -0.15) is 0 Å². The van der Waals surface area contributed by atoms with Gasteiger partial charge in [0.25, 0.3) is 0 Å². The lowest BCUT2D eigenvalue weighted by Gasteiger charge is -2.30. The predicted octanol–water partition coefficient (Wildman–Crippen LogP) is 4.57. The van der Waals surface area contributed by atoms with Crippen LogP contribution in [0.15, 0.2) is 54.6 Å². The molecule has 0 aliphatic carbocycles. The summed E-state index contributed by atoms with van der Waals surface area (Å²) in [7, 11) is 0. The van der Waals surface area contributed by atoms with Crippen molar-refractivity contribution in [2.24, 2.45) is 11.7 Å². The highest BCUT2D eigenvalue weighted by Crippen LogP contribution is 2.21. The summed E-state index contributed by atoms with van der Waals surface area (Å²) in [6.45, 7) is 7.37. The molecule has 2 aromatic carbocycles. The Hall–Kier alpha value is -1.59. The first kappa shape index (κ1) is 24.4. The molecule has 1 aliphatic heterocycles. The molecule has 1 heterocycles. The molecular formula is C22H31Cl2N3O. The van der Waals surface area contributed by atoms with Crippen molar-refractivity contribution in [2.75, 3.05) is 18.4 Å². The second kappa shape index (κ2) is 10.8. The molecule has 2 aromatic rings. The zero-order valence-corrected chi connectivity index (χ0v) is 18.2. The molecule has 0 radical (unpaired) electrons. The van der Waals surface area contributed by atoms with Crippen LogP contribution in [0.2, 0.25) is 0 Å². The minimum absolute atomic E-state index is 0. The average Bonchev–Trinajstić information content (AvgIpc) is 2.64. The number of carbonyl (C=O) groups is 1. The number of hydrogen-bond acceptors (Lipinski definition) is 3. The Morgan fingerprint density at radius 2 is 1.79 bits per heavy atom. The van der Waals surface area contributed by atoms with E-state index in [4.69, 9.17) is 5.73 Å². The van der Waals surface area contributed by atoms with Crippen molar-refractivity contribution in [3.05, 3.63) is 65.7 Å². The summed E-state index contributed by atoms with van der Waals surface area (Å²) in [4.78, 5) is 15.1. The molecule has 4 nitrogen and oxygen atoms in total. The third kappa shape index (κ3) is 6.21. The van der Waals surface area contributed by atoms with Crippen molar-refractivity contribution < 1.29 is 4.79 Å². The summed E-state index contributed by atoms with van der Waals surface area (Å²) in [5.41, 5.74) is 8.06. The molecule has 1 saturated heterocycles. The van der Waals surface area contributed by atoms with Gasteiger partial charge in [0, 0.05) is 18.8 Å². The van der Waals surface area contributed by atoms with Gasteiger partial charge in [-0.3, -0.25) is 9.69 Å². The molecule has 3 rings (SSSR count). The Kier molecular flexibility index (Phi) is 9.45. The molecule has 0 bridgehead atoms. The molecule has 1 amide bonds. The number of halogens is 2. The van der Waals surface area contributed by atoms with E-state index in [1.165, 1.54) is 31.5 Å². The normalized spacial score (nSPS) is 18.9. The first-order valence-corrected chi connectivity index (χ1v) is 9.42. The topological polar surface area (TPSA) is 58.4 Å². The Labute approximate surface area is 180 Å². The monoisotopic (exact) mass is 423 g/mol. The van der Waals surface area contributed by atoms with E-state index in [9.17, 15) is 4.79 Å². The fraction of sp³-hybridized carbons (Fsp3) is 0.409. The molecule has 2 atom stereocenters. The fourth-order valence-electron chi connectivity index (χ4n) is 3.56. The highest BCUT2D eigenvalue weighted by Gasteiger charge is 2.30.